The predicted molar refractivity (Wildman–Crippen MR) is 143 cm³/mol. The van der Waals surface area contributed by atoms with Gasteiger partial charge in [0, 0.05) is 19.1 Å². The van der Waals surface area contributed by atoms with Gasteiger partial charge in [-0.1, -0.05) is 42.3 Å². The van der Waals surface area contributed by atoms with Crippen molar-refractivity contribution in [2.75, 3.05) is 18.0 Å². The van der Waals surface area contributed by atoms with Crippen LogP contribution in [0.4, 0.5) is 5.95 Å². The van der Waals surface area contributed by atoms with E-state index in [4.69, 9.17) is 10.7 Å². The zero-order chi connectivity index (χ0) is 25.9. The maximum absolute atomic E-state index is 14.0. The first-order valence-electron chi connectivity index (χ1n) is 12.2. The van der Waals surface area contributed by atoms with E-state index in [1.807, 2.05) is 18.2 Å². The monoisotopic (exact) mass is 493 g/mol. The Hall–Kier alpha value is -4.60. The van der Waals surface area contributed by atoms with E-state index < -0.39 is 11.2 Å². The number of nitrogens with two attached hydrogens (primary N) is 1. The van der Waals surface area contributed by atoms with Crippen LogP contribution in [0.3, 0.4) is 0 Å². The summed E-state index contributed by atoms with van der Waals surface area (Å²) in [5.41, 5.74) is 7.42. The number of hydrogen-bond acceptors (Lipinski definition) is 6. The van der Waals surface area contributed by atoms with Gasteiger partial charge in [-0.15, -0.1) is 5.92 Å². The number of piperidine rings is 1. The van der Waals surface area contributed by atoms with Gasteiger partial charge in [-0.05, 0) is 43.5 Å². The lowest BCUT2D eigenvalue weighted by Crippen LogP contribution is -2.44. The molecule has 0 saturated carbocycles. The van der Waals surface area contributed by atoms with Crippen molar-refractivity contribution in [1.29, 1.82) is 5.26 Å². The maximum Gasteiger partial charge on any atom is 0.337 e. The van der Waals surface area contributed by atoms with E-state index in [9.17, 15) is 14.9 Å². The standard InChI is InChI=1S/C28H27N7O2/c1-2-3-16-33-24-25(31-27(33)32-15-9-12-22(30)19-32)35(23-13-5-4-6-14-23)28(37)34(26(24)36)18-21-11-8-7-10-20(21)17-29/h4-8,10-11,13-14,22H,9,12,15-16,18-19,30H2,1H3. The second kappa shape index (κ2) is 10.2. The third-order valence-corrected chi connectivity index (χ3v) is 6.65. The molecule has 9 heteroatoms. The largest absolute Gasteiger partial charge is 0.341 e. The highest BCUT2D eigenvalue weighted by atomic mass is 16.2. The van der Waals surface area contributed by atoms with Crippen molar-refractivity contribution in [3.05, 3.63) is 86.6 Å². The number of imidazole rings is 1. The molecule has 2 N–H and O–H groups in total. The minimum absolute atomic E-state index is 0.00488. The maximum atomic E-state index is 14.0. The SMILES string of the molecule is CC#CCn1c(N2CCCC(N)C2)nc2c1c(=O)n(Cc1ccccc1C#N)c(=O)n2-c1ccccc1. The molecule has 9 nitrogen and oxygen atoms in total. The number of anilines is 1. The third kappa shape index (κ3) is 4.42. The lowest BCUT2D eigenvalue weighted by Gasteiger charge is -2.31. The third-order valence-electron chi connectivity index (χ3n) is 6.65. The number of nitrogens with zero attached hydrogens (tertiary/aromatic N) is 6. The summed E-state index contributed by atoms with van der Waals surface area (Å²) in [6, 6.07) is 18.2. The van der Waals surface area contributed by atoms with E-state index in [1.165, 1.54) is 9.13 Å². The lowest BCUT2D eigenvalue weighted by molar-refractivity contribution is 0.496. The van der Waals surface area contributed by atoms with Gasteiger partial charge in [0.2, 0.25) is 5.95 Å². The highest BCUT2D eigenvalue weighted by Gasteiger charge is 2.27. The van der Waals surface area contributed by atoms with E-state index >= 15 is 0 Å². The molecule has 186 valence electrons. The summed E-state index contributed by atoms with van der Waals surface area (Å²) in [5, 5.41) is 9.58. The molecule has 5 rings (SSSR count). The van der Waals surface area contributed by atoms with Crippen LogP contribution in [0, 0.1) is 23.2 Å². The molecule has 1 atom stereocenters. The smallest absolute Gasteiger partial charge is 0.337 e. The molecule has 0 amide bonds. The Kier molecular flexibility index (Phi) is 6.63. The molecule has 0 aliphatic carbocycles. The number of nitriles is 1. The van der Waals surface area contributed by atoms with Crippen LogP contribution in [0.1, 0.15) is 30.9 Å². The zero-order valence-corrected chi connectivity index (χ0v) is 20.6. The molecule has 2 aromatic carbocycles. The van der Waals surface area contributed by atoms with E-state index in [0.29, 0.717) is 29.3 Å². The number of fused-ring (bicyclic) bond motifs is 1. The number of rotatable bonds is 5. The number of hydrogen-bond donors (Lipinski definition) is 1. The Morgan fingerprint density at radius 3 is 2.57 bits per heavy atom. The van der Waals surface area contributed by atoms with Gasteiger partial charge in [0.05, 0.1) is 30.4 Å². The molecule has 1 unspecified atom stereocenters. The van der Waals surface area contributed by atoms with E-state index in [2.05, 4.69) is 22.8 Å². The van der Waals surface area contributed by atoms with Gasteiger partial charge in [0.1, 0.15) is 0 Å². The molecule has 0 radical (unpaired) electrons. The summed E-state index contributed by atoms with van der Waals surface area (Å²) in [4.78, 5) is 34.8. The van der Waals surface area contributed by atoms with Crippen LogP contribution in [-0.4, -0.2) is 37.8 Å². The molecule has 0 bridgehead atoms. The van der Waals surface area contributed by atoms with Crippen molar-refractivity contribution in [2.24, 2.45) is 5.73 Å². The van der Waals surface area contributed by atoms with Crippen LogP contribution in [-0.2, 0) is 13.1 Å². The summed E-state index contributed by atoms with van der Waals surface area (Å²) in [6.45, 7) is 3.29. The van der Waals surface area contributed by atoms with Crippen molar-refractivity contribution in [3.8, 4) is 23.6 Å². The van der Waals surface area contributed by atoms with Gasteiger partial charge < -0.3 is 10.6 Å². The second-order valence-corrected chi connectivity index (χ2v) is 9.06. The average molecular weight is 494 g/mol. The molecule has 4 aromatic rings. The van der Waals surface area contributed by atoms with E-state index in [0.717, 1.165) is 19.4 Å². The number of para-hydroxylation sites is 1. The second-order valence-electron chi connectivity index (χ2n) is 9.06. The number of aromatic nitrogens is 4. The van der Waals surface area contributed by atoms with Crippen molar-refractivity contribution < 1.29 is 0 Å². The van der Waals surface area contributed by atoms with Gasteiger partial charge in [0.15, 0.2) is 11.2 Å². The summed E-state index contributed by atoms with van der Waals surface area (Å²) >= 11 is 0. The quantitative estimate of drug-likeness (QED) is 0.427. The van der Waals surface area contributed by atoms with E-state index in [1.54, 1.807) is 47.9 Å². The summed E-state index contributed by atoms with van der Waals surface area (Å²) in [5.74, 6) is 6.53. The summed E-state index contributed by atoms with van der Waals surface area (Å²) < 4.78 is 4.43. The van der Waals surface area contributed by atoms with Gasteiger partial charge in [-0.2, -0.15) is 10.2 Å². The van der Waals surface area contributed by atoms with Crippen LogP contribution >= 0.6 is 0 Å². The first kappa shape index (κ1) is 24.1. The average Bonchev–Trinajstić information content (AvgIpc) is 3.30. The van der Waals surface area contributed by atoms with E-state index in [-0.39, 0.29) is 30.3 Å². The molecule has 1 saturated heterocycles. The minimum atomic E-state index is -0.524. The van der Waals surface area contributed by atoms with Gasteiger partial charge in [0.25, 0.3) is 5.56 Å². The molecule has 1 aliphatic rings. The molecule has 37 heavy (non-hydrogen) atoms. The molecule has 1 fully saturated rings. The number of benzene rings is 2. The Morgan fingerprint density at radius 1 is 1.08 bits per heavy atom. The zero-order valence-electron chi connectivity index (χ0n) is 20.6. The fraction of sp³-hybridized carbons (Fsp3) is 0.286. The molecular weight excluding hydrogens is 466 g/mol. The Bertz CT molecular complexity index is 1680. The molecule has 3 heterocycles. The lowest BCUT2D eigenvalue weighted by atomic mass is 10.1. The van der Waals surface area contributed by atoms with Gasteiger partial charge >= 0.3 is 5.69 Å². The van der Waals surface area contributed by atoms with Crippen LogP contribution in [0.5, 0.6) is 0 Å². The highest BCUT2D eigenvalue weighted by Crippen LogP contribution is 2.24. The van der Waals surface area contributed by atoms with Crippen molar-refractivity contribution in [1.82, 2.24) is 18.7 Å². The predicted octanol–water partition coefficient (Wildman–Crippen LogP) is 2.22. The Morgan fingerprint density at radius 2 is 1.84 bits per heavy atom. The van der Waals surface area contributed by atoms with Gasteiger partial charge in [-0.3, -0.25) is 13.9 Å². The Labute approximate surface area is 214 Å². The normalized spacial score (nSPS) is 15.3. The van der Waals surface area contributed by atoms with Gasteiger partial charge in [-0.25, -0.2) is 9.36 Å². The first-order valence-corrected chi connectivity index (χ1v) is 12.2. The van der Waals surface area contributed by atoms with Crippen LogP contribution in [0.2, 0.25) is 0 Å². The van der Waals surface area contributed by atoms with Crippen LogP contribution < -0.4 is 21.9 Å². The molecule has 0 spiro atoms. The topological polar surface area (TPSA) is 115 Å². The van der Waals surface area contributed by atoms with Crippen LogP contribution in [0.15, 0.2) is 64.2 Å². The van der Waals surface area contributed by atoms with Crippen molar-refractivity contribution in [2.45, 2.75) is 38.9 Å². The van der Waals surface area contributed by atoms with Crippen LogP contribution in [0.25, 0.3) is 16.9 Å². The minimum Gasteiger partial charge on any atom is -0.341 e. The summed E-state index contributed by atoms with van der Waals surface area (Å²) in [6.07, 6.45) is 1.83. The summed E-state index contributed by atoms with van der Waals surface area (Å²) in [7, 11) is 0. The first-order chi connectivity index (χ1) is 18.0. The molecule has 2 aromatic heterocycles. The Balaban J connectivity index is 1.84. The molecule has 1 aliphatic heterocycles. The fourth-order valence-electron chi connectivity index (χ4n) is 4.85. The van der Waals surface area contributed by atoms with Crippen molar-refractivity contribution in [3.63, 3.8) is 0 Å². The highest BCUT2D eigenvalue weighted by molar-refractivity contribution is 5.77. The van der Waals surface area contributed by atoms with Crippen molar-refractivity contribution >= 4 is 17.1 Å². The fourth-order valence-corrected chi connectivity index (χ4v) is 4.85. The molecular formula is C28H27N7O2.